The molecule has 2 aromatic rings. The second-order valence-electron chi connectivity index (χ2n) is 6.50. The molecule has 156 valence electrons. The van der Waals surface area contributed by atoms with Crippen LogP contribution in [0.4, 0.5) is 11.5 Å². The van der Waals surface area contributed by atoms with Crippen LogP contribution in [0.5, 0.6) is 0 Å². The Labute approximate surface area is 179 Å². The predicted octanol–water partition coefficient (Wildman–Crippen LogP) is 3.03. The number of likely N-dealkylation sites (N-methyl/N-ethyl adjacent to an activating group) is 1. The molecular formula is C18H20Cl2N4O4S. The summed E-state index contributed by atoms with van der Waals surface area (Å²) in [7, 11) is -4.03. The van der Waals surface area contributed by atoms with Crippen LogP contribution >= 0.6 is 23.2 Å². The predicted molar refractivity (Wildman–Crippen MR) is 113 cm³/mol. The zero-order valence-corrected chi connectivity index (χ0v) is 17.9. The minimum Gasteiger partial charge on any atom is -0.478 e. The monoisotopic (exact) mass is 458 g/mol. The third-order valence-corrected chi connectivity index (χ3v) is 6.78. The number of hydrogen-bond donors (Lipinski definition) is 2. The molecule has 8 nitrogen and oxygen atoms in total. The number of nitrogens with zero attached hydrogens (tertiary/aromatic N) is 3. The van der Waals surface area contributed by atoms with Gasteiger partial charge in [0.2, 0.25) is 0 Å². The number of halogens is 2. The summed E-state index contributed by atoms with van der Waals surface area (Å²) in [6.45, 7) is 5.90. The molecular weight excluding hydrogens is 439 g/mol. The maximum Gasteiger partial charge on any atom is 0.337 e. The van der Waals surface area contributed by atoms with Gasteiger partial charge in [0.15, 0.2) is 5.82 Å². The summed E-state index contributed by atoms with van der Waals surface area (Å²) in [4.78, 5) is 19.7. The molecule has 0 saturated carbocycles. The van der Waals surface area contributed by atoms with E-state index in [0.717, 1.165) is 19.6 Å². The van der Waals surface area contributed by atoms with Crippen LogP contribution in [-0.4, -0.2) is 62.1 Å². The van der Waals surface area contributed by atoms with Crippen molar-refractivity contribution in [2.75, 3.05) is 42.3 Å². The molecule has 0 unspecified atom stereocenters. The van der Waals surface area contributed by atoms with E-state index in [1.54, 1.807) is 0 Å². The number of hydrogen-bond acceptors (Lipinski definition) is 6. The van der Waals surface area contributed by atoms with Crippen molar-refractivity contribution >= 4 is 50.7 Å². The molecule has 1 fully saturated rings. The fourth-order valence-electron chi connectivity index (χ4n) is 3.03. The van der Waals surface area contributed by atoms with Gasteiger partial charge in [-0.25, -0.2) is 18.2 Å². The van der Waals surface area contributed by atoms with E-state index >= 15 is 0 Å². The van der Waals surface area contributed by atoms with Crippen molar-refractivity contribution in [3.8, 4) is 0 Å². The SMILES string of the molecule is CCN1CCN(c2ncc(C(=O)O)cc2NS(=O)(=O)c2ccc(Cl)c(Cl)c2)CC1. The molecule has 1 saturated heterocycles. The summed E-state index contributed by atoms with van der Waals surface area (Å²) in [6.07, 6.45) is 1.22. The number of aromatic nitrogens is 1. The van der Waals surface area contributed by atoms with E-state index in [2.05, 4.69) is 21.5 Å². The smallest absolute Gasteiger partial charge is 0.337 e. The van der Waals surface area contributed by atoms with Gasteiger partial charge in [-0.15, -0.1) is 0 Å². The summed E-state index contributed by atoms with van der Waals surface area (Å²) >= 11 is 11.8. The van der Waals surface area contributed by atoms with E-state index in [1.807, 2.05) is 4.90 Å². The summed E-state index contributed by atoms with van der Waals surface area (Å²) in [6, 6.07) is 5.21. The second-order valence-corrected chi connectivity index (χ2v) is 9.00. The normalized spacial score (nSPS) is 15.3. The lowest BCUT2D eigenvalue weighted by atomic mass is 10.2. The Bertz CT molecular complexity index is 1020. The van der Waals surface area contributed by atoms with Crippen molar-refractivity contribution in [1.82, 2.24) is 9.88 Å². The Morgan fingerprint density at radius 1 is 1.17 bits per heavy atom. The first-order valence-corrected chi connectivity index (χ1v) is 11.1. The first kappa shape index (κ1) is 21.6. The lowest BCUT2D eigenvalue weighted by Gasteiger charge is -2.35. The van der Waals surface area contributed by atoms with Crippen LogP contribution in [-0.2, 0) is 10.0 Å². The molecule has 2 N–H and O–H groups in total. The Balaban J connectivity index is 1.96. The van der Waals surface area contributed by atoms with Crippen molar-refractivity contribution < 1.29 is 18.3 Å². The Hall–Kier alpha value is -2.07. The zero-order valence-electron chi connectivity index (χ0n) is 15.6. The van der Waals surface area contributed by atoms with Crippen molar-refractivity contribution in [2.24, 2.45) is 0 Å². The number of anilines is 2. The summed E-state index contributed by atoms with van der Waals surface area (Å²) in [5, 5.41) is 9.62. The van der Waals surface area contributed by atoms with E-state index < -0.39 is 16.0 Å². The van der Waals surface area contributed by atoms with Gasteiger partial charge >= 0.3 is 5.97 Å². The van der Waals surface area contributed by atoms with Gasteiger partial charge in [0, 0.05) is 32.4 Å². The molecule has 1 aromatic carbocycles. The minimum atomic E-state index is -4.03. The molecule has 3 rings (SSSR count). The Morgan fingerprint density at radius 3 is 2.45 bits per heavy atom. The number of sulfonamides is 1. The molecule has 1 aromatic heterocycles. The zero-order chi connectivity index (χ0) is 21.2. The lowest BCUT2D eigenvalue weighted by molar-refractivity contribution is 0.0696. The molecule has 1 aliphatic rings. The highest BCUT2D eigenvalue weighted by Gasteiger charge is 2.24. The van der Waals surface area contributed by atoms with Crippen LogP contribution in [0.1, 0.15) is 17.3 Å². The molecule has 0 atom stereocenters. The first-order chi connectivity index (χ1) is 13.7. The maximum atomic E-state index is 12.9. The number of nitrogens with one attached hydrogen (secondary N) is 1. The largest absolute Gasteiger partial charge is 0.478 e. The van der Waals surface area contributed by atoms with Crippen molar-refractivity contribution in [1.29, 1.82) is 0 Å². The van der Waals surface area contributed by atoms with Crippen molar-refractivity contribution in [3.05, 3.63) is 46.1 Å². The third-order valence-electron chi connectivity index (χ3n) is 4.68. The van der Waals surface area contributed by atoms with Crippen LogP contribution in [0.15, 0.2) is 35.4 Å². The molecule has 0 radical (unpaired) electrons. The average Bonchev–Trinajstić information content (AvgIpc) is 2.69. The minimum absolute atomic E-state index is 0.0885. The van der Waals surface area contributed by atoms with Gasteiger partial charge in [0.25, 0.3) is 10.0 Å². The molecule has 1 aliphatic heterocycles. The first-order valence-electron chi connectivity index (χ1n) is 8.89. The highest BCUT2D eigenvalue weighted by Crippen LogP contribution is 2.30. The number of benzene rings is 1. The molecule has 11 heteroatoms. The summed E-state index contributed by atoms with van der Waals surface area (Å²) in [5.74, 6) is -0.816. The van der Waals surface area contributed by atoms with E-state index in [4.69, 9.17) is 23.2 Å². The fourth-order valence-corrected chi connectivity index (χ4v) is 4.47. The Kier molecular flexibility index (Phi) is 6.52. The number of carboxylic acid groups (broad SMARTS) is 1. The van der Waals surface area contributed by atoms with E-state index in [-0.39, 0.29) is 26.2 Å². The molecule has 0 amide bonds. The molecule has 0 bridgehead atoms. The van der Waals surface area contributed by atoms with Crippen molar-refractivity contribution in [3.63, 3.8) is 0 Å². The quantitative estimate of drug-likeness (QED) is 0.685. The standard InChI is InChI=1S/C18H20Cl2N4O4S/c1-2-23-5-7-24(8-6-23)17-16(9-12(11-21-17)18(25)26)22-29(27,28)13-3-4-14(19)15(20)10-13/h3-4,9-11,22H,2,5-8H2,1H3,(H,25,26). The van der Waals surface area contributed by atoms with E-state index in [0.29, 0.717) is 18.9 Å². The molecule has 0 aliphatic carbocycles. The maximum absolute atomic E-state index is 12.9. The van der Waals surface area contributed by atoms with Crippen LogP contribution in [0, 0.1) is 0 Å². The van der Waals surface area contributed by atoms with Crippen molar-refractivity contribution in [2.45, 2.75) is 11.8 Å². The second kappa shape index (κ2) is 8.74. The topological polar surface area (TPSA) is 103 Å². The van der Waals surface area contributed by atoms with E-state index in [1.165, 1.54) is 30.5 Å². The van der Waals surface area contributed by atoms with Gasteiger partial charge in [-0.1, -0.05) is 30.1 Å². The number of aromatic carboxylic acids is 1. The lowest BCUT2D eigenvalue weighted by Crippen LogP contribution is -2.46. The molecule has 2 heterocycles. The Morgan fingerprint density at radius 2 is 1.86 bits per heavy atom. The summed E-state index contributed by atoms with van der Waals surface area (Å²) < 4.78 is 28.2. The highest BCUT2D eigenvalue weighted by molar-refractivity contribution is 7.92. The van der Waals surface area contributed by atoms with Gasteiger partial charge in [-0.2, -0.15) is 0 Å². The number of carboxylic acids is 1. The molecule has 0 spiro atoms. The number of piperazine rings is 1. The molecule has 29 heavy (non-hydrogen) atoms. The summed E-state index contributed by atoms with van der Waals surface area (Å²) in [5.41, 5.74) is -0.0197. The van der Waals surface area contributed by atoms with Gasteiger partial charge < -0.3 is 14.9 Å². The van der Waals surface area contributed by atoms with Gasteiger partial charge in [0.05, 0.1) is 26.2 Å². The number of rotatable bonds is 6. The average molecular weight is 459 g/mol. The van der Waals surface area contributed by atoms with Gasteiger partial charge in [-0.05, 0) is 30.8 Å². The van der Waals surface area contributed by atoms with Crippen LogP contribution in [0.25, 0.3) is 0 Å². The van der Waals surface area contributed by atoms with Crippen LogP contribution in [0.3, 0.4) is 0 Å². The van der Waals surface area contributed by atoms with Gasteiger partial charge in [0.1, 0.15) is 0 Å². The number of pyridine rings is 1. The van der Waals surface area contributed by atoms with Crippen LogP contribution in [0.2, 0.25) is 10.0 Å². The highest BCUT2D eigenvalue weighted by atomic mass is 35.5. The van der Waals surface area contributed by atoms with E-state index in [9.17, 15) is 18.3 Å². The number of carbonyl (C=O) groups is 1. The van der Waals surface area contributed by atoms with Gasteiger partial charge in [-0.3, -0.25) is 4.72 Å². The van der Waals surface area contributed by atoms with Crippen LogP contribution < -0.4 is 9.62 Å². The third kappa shape index (κ3) is 4.92. The fraction of sp³-hybridized carbons (Fsp3) is 0.333.